The summed E-state index contributed by atoms with van der Waals surface area (Å²) < 4.78 is 1.84. The van der Waals surface area contributed by atoms with E-state index in [1.165, 1.54) is 5.56 Å². The predicted molar refractivity (Wildman–Crippen MR) is 74.3 cm³/mol. The molecule has 0 aliphatic heterocycles. The molecule has 1 aromatic rings. The first-order valence-corrected chi connectivity index (χ1v) is 6.61. The Hall–Kier alpha value is -1.80. The minimum absolute atomic E-state index is 0.0545. The third kappa shape index (κ3) is 4.76. The van der Waals surface area contributed by atoms with E-state index >= 15 is 0 Å². The van der Waals surface area contributed by atoms with Crippen LogP contribution in [0.1, 0.15) is 32.4 Å². The van der Waals surface area contributed by atoms with Gasteiger partial charge in [-0.25, -0.2) is 0 Å². The molecule has 1 aromatic heterocycles. The Kier molecular flexibility index (Phi) is 6.10. The van der Waals surface area contributed by atoms with E-state index in [0.717, 1.165) is 6.54 Å². The first kappa shape index (κ1) is 15.3. The molecule has 5 nitrogen and oxygen atoms in total. The highest BCUT2D eigenvalue weighted by molar-refractivity contribution is 5.75. The van der Waals surface area contributed by atoms with E-state index in [2.05, 4.69) is 31.4 Å². The first-order valence-electron chi connectivity index (χ1n) is 6.61. The molecule has 1 heterocycles. The summed E-state index contributed by atoms with van der Waals surface area (Å²) in [5.41, 5.74) is 1.19. The van der Waals surface area contributed by atoms with Gasteiger partial charge in [-0.2, -0.15) is 5.26 Å². The Labute approximate surface area is 114 Å². The molecule has 0 fully saturated rings. The van der Waals surface area contributed by atoms with Gasteiger partial charge in [-0.1, -0.05) is 20.8 Å². The predicted octanol–water partition coefficient (Wildman–Crippen LogP) is 1.43. The molecule has 19 heavy (non-hydrogen) atoms. The number of amides is 1. The molecule has 1 rings (SSSR count). The van der Waals surface area contributed by atoms with Crippen molar-refractivity contribution in [3.8, 4) is 6.07 Å². The quantitative estimate of drug-likeness (QED) is 0.730. The highest BCUT2D eigenvalue weighted by Gasteiger charge is 2.15. The summed E-state index contributed by atoms with van der Waals surface area (Å²) in [4.78, 5) is 11.5. The van der Waals surface area contributed by atoms with Crippen LogP contribution in [0.25, 0.3) is 0 Å². The van der Waals surface area contributed by atoms with E-state index in [4.69, 9.17) is 5.26 Å². The summed E-state index contributed by atoms with van der Waals surface area (Å²) >= 11 is 0. The van der Waals surface area contributed by atoms with Crippen LogP contribution in [-0.2, 0) is 11.3 Å². The van der Waals surface area contributed by atoms with E-state index in [9.17, 15) is 4.79 Å². The lowest BCUT2D eigenvalue weighted by atomic mass is 9.98. The highest BCUT2D eigenvalue weighted by Crippen LogP contribution is 2.21. The number of aromatic nitrogens is 1. The third-order valence-electron chi connectivity index (χ3n) is 2.91. The number of nitrogens with zero attached hydrogens (tertiary/aromatic N) is 2. The summed E-state index contributed by atoms with van der Waals surface area (Å²) in [5.74, 6) is 0.344. The molecule has 0 bridgehead atoms. The van der Waals surface area contributed by atoms with Crippen molar-refractivity contribution in [1.82, 2.24) is 15.2 Å². The van der Waals surface area contributed by atoms with Crippen LogP contribution in [0.2, 0.25) is 0 Å². The Morgan fingerprint density at radius 3 is 2.84 bits per heavy atom. The van der Waals surface area contributed by atoms with Gasteiger partial charge < -0.3 is 15.2 Å². The van der Waals surface area contributed by atoms with Crippen LogP contribution in [-0.4, -0.2) is 23.6 Å². The first-order chi connectivity index (χ1) is 9.08. The molecular weight excluding hydrogens is 240 g/mol. The maximum atomic E-state index is 11.5. The normalized spacial score (nSPS) is 12.2. The van der Waals surface area contributed by atoms with E-state index in [1.807, 2.05) is 29.1 Å². The summed E-state index contributed by atoms with van der Waals surface area (Å²) in [5, 5.41) is 14.4. The summed E-state index contributed by atoms with van der Waals surface area (Å²) in [6.07, 6.45) is 3.88. The van der Waals surface area contributed by atoms with Crippen molar-refractivity contribution in [3.05, 3.63) is 24.0 Å². The largest absolute Gasteiger partial charge is 0.345 e. The van der Waals surface area contributed by atoms with Crippen LogP contribution in [0.5, 0.6) is 0 Å². The summed E-state index contributed by atoms with van der Waals surface area (Å²) in [7, 11) is 0. The van der Waals surface area contributed by atoms with E-state index in [1.54, 1.807) is 0 Å². The van der Waals surface area contributed by atoms with Crippen LogP contribution in [0, 0.1) is 17.2 Å². The molecule has 104 valence electrons. The molecule has 1 amide bonds. The Morgan fingerprint density at radius 1 is 1.53 bits per heavy atom. The van der Waals surface area contributed by atoms with Gasteiger partial charge in [0.1, 0.15) is 13.1 Å². The van der Waals surface area contributed by atoms with Crippen molar-refractivity contribution in [2.45, 2.75) is 33.4 Å². The molecule has 0 saturated heterocycles. The molecular formula is C14H22N4O. The van der Waals surface area contributed by atoms with Gasteiger partial charge in [0.05, 0.1) is 6.07 Å². The number of nitriles is 1. The molecule has 0 spiro atoms. The number of carbonyl (C=O) groups excluding carboxylic acids is 1. The number of hydrogen-bond donors (Lipinski definition) is 2. The Bertz CT molecular complexity index is 445. The van der Waals surface area contributed by atoms with E-state index in [0.29, 0.717) is 12.0 Å². The molecule has 1 atom stereocenters. The van der Waals surface area contributed by atoms with Crippen LogP contribution in [0.15, 0.2) is 18.5 Å². The monoisotopic (exact) mass is 262 g/mol. The molecule has 2 N–H and O–H groups in total. The molecule has 5 heteroatoms. The second kappa shape index (κ2) is 7.59. The second-order valence-electron chi connectivity index (χ2n) is 4.83. The summed E-state index contributed by atoms with van der Waals surface area (Å²) in [6.45, 7) is 7.64. The minimum atomic E-state index is -0.145. The lowest BCUT2D eigenvalue weighted by Crippen LogP contribution is -2.27. The van der Waals surface area contributed by atoms with Gasteiger partial charge in [0.15, 0.2) is 0 Å². The Morgan fingerprint density at radius 2 is 2.26 bits per heavy atom. The molecule has 0 aliphatic rings. The van der Waals surface area contributed by atoms with Gasteiger partial charge >= 0.3 is 0 Å². The fraction of sp³-hybridized carbons (Fsp3) is 0.571. The van der Waals surface area contributed by atoms with Crippen molar-refractivity contribution in [2.75, 3.05) is 13.1 Å². The number of nitrogens with one attached hydrogen (secondary N) is 2. The van der Waals surface area contributed by atoms with Gasteiger partial charge in [0.25, 0.3) is 0 Å². The zero-order valence-electron chi connectivity index (χ0n) is 11.8. The van der Waals surface area contributed by atoms with E-state index in [-0.39, 0.29) is 19.0 Å². The lowest BCUT2D eigenvalue weighted by molar-refractivity contribution is -0.121. The van der Waals surface area contributed by atoms with Crippen molar-refractivity contribution < 1.29 is 4.79 Å². The lowest BCUT2D eigenvalue weighted by Gasteiger charge is -2.20. The smallest absolute Gasteiger partial charge is 0.240 e. The van der Waals surface area contributed by atoms with Crippen LogP contribution >= 0.6 is 0 Å². The molecule has 1 unspecified atom stereocenters. The van der Waals surface area contributed by atoms with Crippen molar-refractivity contribution >= 4 is 5.91 Å². The molecule has 0 saturated carbocycles. The van der Waals surface area contributed by atoms with Crippen molar-refractivity contribution in [2.24, 2.45) is 5.92 Å². The molecule has 0 aromatic carbocycles. The maximum absolute atomic E-state index is 11.5. The number of hydrogen-bond acceptors (Lipinski definition) is 3. The minimum Gasteiger partial charge on any atom is -0.345 e. The average molecular weight is 262 g/mol. The van der Waals surface area contributed by atoms with Gasteiger partial charge in [0, 0.05) is 18.4 Å². The summed E-state index contributed by atoms with van der Waals surface area (Å²) in [6, 6.07) is 4.22. The van der Waals surface area contributed by atoms with Crippen molar-refractivity contribution in [3.63, 3.8) is 0 Å². The van der Waals surface area contributed by atoms with Crippen molar-refractivity contribution in [1.29, 1.82) is 5.26 Å². The highest BCUT2D eigenvalue weighted by atomic mass is 16.1. The van der Waals surface area contributed by atoms with Crippen LogP contribution in [0.4, 0.5) is 0 Å². The zero-order chi connectivity index (χ0) is 14.3. The topological polar surface area (TPSA) is 69.8 Å². The third-order valence-corrected chi connectivity index (χ3v) is 2.91. The Balaban J connectivity index is 2.65. The van der Waals surface area contributed by atoms with Gasteiger partial charge in [-0.15, -0.1) is 0 Å². The van der Waals surface area contributed by atoms with Gasteiger partial charge in [-0.3, -0.25) is 4.79 Å². The number of rotatable bonds is 7. The SMILES string of the molecule is CCNC(c1ccn(CC(=O)NCC#N)c1)C(C)C. The average Bonchev–Trinajstić information content (AvgIpc) is 2.81. The molecule has 0 radical (unpaired) electrons. The van der Waals surface area contributed by atoms with Gasteiger partial charge in [-0.05, 0) is 24.1 Å². The van der Waals surface area contributed by atoms with Gasteiger partial charge in [0.2, 0.25) is 5.91 Å². The maximum Gasteiger partial charge on any atom is 0.240 e. The molecule has 0 aliphatic carbocycles. The number of carbonyl (C=O) groups is 1. The standard InChI is InChI=1S/C14H22N4O/c1-4-16-14(11(2)3)12-5-8-18(9-12)10-13(19)17-7-6-15/h5,8-9,11,14,16H,4,7,10H2,1-3H3,(H,17,19). The second-order valence-corrected chi connectivity index (χ2v) is 4.83. The fourth-order valence-corrected chi connectivity index (χ4v) is 2.06. The van der Waals surface area contributed by atoms with Crippen LogP contribution < -0.4 is 10.6 Å². The van der Waals surface area contributed by atoms with Crippen LogP contribution in [0.3, 0.4) is 0 Å². The fourth-order valence-electron chi connectivity index (χ4n) is 2.06. The zero-order valence-corrected chi connectivity index (χ0v) is 11.8. The van der Waals surface area contributed by atoms with E-state index < -0.39 is 0 Å².